The predicted octanol–water partition coefficient (Wildman–Crippen LogP) is 5.30. The second-order valence-corrected chi connectivity index (χ2v) is 7.44. The third kappa shape index (κ3) is 2.66. The topological polar surface area (TPSA) is 0 Å². The lowest BCUT2D eigenvalue weighted by atomic mass is 9.72. The van der Waals surface area contributed by atoms with Crippen LogP contribution in [0.2, 0.25) is 0 Å². The third-order valence-electron chi connectivity index (χ3n) is 3.87. The molecule has 0 saturated carbocycles. The molecule has 2 aliphatic rings. The van der Waals surface area contributed by atoms with Crippen molar-refractivity contribution in [2.75, 3.05) is 6.26 Å². The molecule has 18 heavy (non-hydrogen) atoms. The van der Waals surface area contributed by atoms with Gasteiger partial charge in [-0.25, -0.2) is 0 Å². The summed E-state index contributed by atoms with van der Waals surface area (Å²) in [5, 5.41) is 0. The molecule has 0 fully saturated rings. The van der Waals surface area contributed by atoms with Gasteiger partial charge in [0, 0.05) is 4.75 Å². The Morgan fingerprint density at radius 3 is 2.61 bits per heavy atom. The lowest BCUT2D eigenvalue weighted by molar-refractivity contribution is 0.438. The third-order valence-corrected chi connectivity index (χ3v) is 5.19. The Labute approximate surface area is 116 Å². The minimum absolute atomic E-state index is 0.247. The van der Waals surface area contributed by atoms with Gasteiger partial charge in [0.1, 0.15) is 0 Å². The molecule has 2 aliphatic carbocycles. The normalized spacial score (nSPS) is 27.3. The van der Waals surface area contributed by atoms with Crippen molar-refractivity contribution in [1.82, 2.24) is 0 Å². The van der Waals surface area contributed by atoms with Crippen LogP contribution in [0.25, 0.3) is 0 Å². The number of allylic oxidation sites excluding steroid dienone is 7. The van der Waals surface area contributed by atoms with E-state index >= 15 is 0 Å². The van der Waals surface area contributed by atoms with Crippen molar-refractivity contribution in [3.05, 3.63) is 47.6 Å². The summed E-state index contributed by atoms with van der Waals surface area (Å²) < 4.78 is 0.257. The van der Waals surface area contributed by atoms with Gasteiger partial charge >= 0.3 is 0 Å². The molecule has 0 amide bonds. The van der Waals surface area contributed by atoms with E-state index in [4.69, 9.17) is 0 Å². The van der Waals surface area contributed by atoms with Gasteiger partial charge in [0.15, 0.2) is 0 Å². The van der Waals surface area contributed by atoms with Gasteiger partial charge in [0.2, 0.25) is 0 Å². The van der Waals surface area contributed by atoms with Gasteiger partial charge in [0.05, 0.1) is 0 Å². The molecule has 1 atom stereocenters. The van der Waals surface area contributed by atoms with E-state index in [0.717, 1.165) is 19.3 Å². The largest absolute Gasteiger partial charge is 0.153 e. The zero-order chi connectivity index (χ0) is 13.2. The van der Waals surface area contributed by atoms with Gasteiger partial charge in [0.25, 0.3) is 0 Å². The van der Waals surface area contributed by atoms with Crippen LogP contribution in [0, 0.1) is 5.41 Å². The summed E-state index contributed by atoms with van der Waals surface area (Å²) in [4.78, 5) is 0. The first kappa shape index (κ1) is 13.7. The van der Waals surface area contributed by atoms with Gasteiger partial charge in [-0.15, -0.1) is 0 Å². The van der Waals surface area contributed by atoms with Crippen LogP contribution < -0.4 is 0 Å². The summed E-state index contributed by atoms with van der Waals surface area (Å²) in [7, 11) is 0. The van der Waals surface area contributed by atoms with Crippen molar-refractivity contribution in [2.45, 2.75) is 44.8 Å². The Hall–Kier alpha value is -0.690. The molecule has 0 radical (unpaired) electrons. The maximum Gasteiger partial charge on any atom is 0.0448 e. The minimum Gasteiger partial charge on any atom is -0.153 e. The van der Waals surface area contributed by atoms with Gasteiger partial charge in [-0.2, -0.15) is 11.8 Å². The van der Waals surface area contributed by atoms with E-state index in [0.29, 0.717) is 0 Å². The average molecular weight is 260 g/mol. The van der Waals surface area contributed by atoms with Crippen LogP contribution in [0.1, 0.15) is 40.0 Å². The van der Waals surface area contributed by atoms with Gasteiger partial charge < -0.3 is 0 Å². The van der Waals surface area contributed by atoms with Crippen LogP contribution in [0.5, 0.6) is 0 Å². The summed E-state index contributed by atoms with van der Waals surface area (Å²) in [5.74, 6) is 0. The first-order chi connectivity index (χ1) is 8.48. The van der Waals surface area contributed by atoms with E-state index in [1.54, 1.807) is 5.57 Å². The average Bonchev–Trinajstić information content (AvgIpc) is 2.81. The molecule has 0 aromatic carbocycles. The fourth-order valence-electron chi connectivity index (χ4n) is 3.02. The summed E-state index contributed by atoms with van der Waals surface area (Å²) >= 11 is 2.02. The Bertz CT molecular complexity index is 429. The van der Waals surface area contributed by atoms with Gasteiger partial charge in [-0.1, -0.05) is 62.8 Å². The Kier molecular flexibility index (Phi) is 3.91. The minimum atomic E-state index is 0.247. The molecule has 0 aromatic rings. The second kappa shape index (κ2) is 5.13. The smallest absolute Gasteiger partial charge is 0.0448 e. The monoisotopic (exact) mass is 260 g/mol. The summed E-state index contributed by atoms with van der Waals surface area (Å²) in [6, 6.07) is 0. The van der Waals surface area contributed by atoms with Crippen LogP contribution in [0.4, 0.5) is 0 Å². The highest BCUT2D eigenvalue weighted by Crippen LogP contribution is 2.49. The number of thioether (sulfide) groups is 1. The van der Waals surface area contributed by atoms with Gasteiger partial charge in [-0.05, 0) is 36.5 Å². The van der Waals surface area contributed by atoms with E-state index in [1.807, 2.05) is 11.8 Å². The van der Waals surface area contributed by atoms with E-state index in [1.165, 1.54) is 5.57 Å². The fourth-order valence-corrected chi connectivity index (χ4v) is 4.19. The summed E-state index contributed by atoms with van der Waals surface area (Å²) in [6.07, 6.45) is 19.5. The van der Waals surface area contributed by atoms with E-state index in [9.17, 15) is 0 Å². The predicted molar refractivity (Wildman–Crippen MR) is 84.0 cm³/mol. The highest BCUT2D eigenvalue weighted by atomic mass is 32.2. The van der Waals surface area contributed by atoms with Crippen molar-refractivity contribution >= 4 is 11.8 Å². The zero-order valence-electron chi connectivity index (χ0n) is 12.0. The number of hydrogen-bond donors (Lipinski definition) is 0. The first-order valence-corrected chi connectivity index (χ1v) is 7.99. The van der Waals surface area contributed by atoms with Crippen molar-refractivity contribution in [3.8, 4) is 0 Å². The molecule has 0 aliphatic heterocycles. The SMILES string of the molecule is CSC1(CC2=CCC=C2)CC=CC=C1C(C)(C)C. The molecule has 2 rings (SSSR count). The molecule has 0 saturated heterocycles. The standard InChI is InChI=1S/C17H24S/c1-16(2,3)15-11-7-8-12-17(15,18-4)13-14-9-5-6-10-14/h5,7-11H,6,12-13H2,1-4H3. The molecular weight excluding hydrogens is 236 g/mol. The van der Waals surface area contributed by atoms with Crippen molar-refractivity contribution < 1.29 is 0 Å². The maximum atomic E-state index is 2.37. The molecule has 1 heteroatoms. The molecular formula is C17H24S. The Balaban J connectivity index is 2.32. The first-order valence-electron chi connectivity index (χ1n) is 6.76. The van der Waals surface area contributed by atoms with Crippen LogP contribution in [0.3, 0.4) is 0 Å². The van der Waals surface area contributed by atoms with Crippen LogP contribution in [0.15, 0.2) is 47.6 Å². The Morgan fingerprint density at radius 1 is 1.28 bits per heavy atom. The molecule has 0 aromatic heterocycles. The highest BCUT2D eigenvalue weighted by Gasteiger charge is 2.39. The number of hydrogen-bond acceptors (Lipinski definition) is 1. The summed E-state index contributed by atoms with van der Waals surface area (Å²) in [6.45, 7) is 7.01. The molecule has 0 N–H and O–H groups in total. The van der Waals surface area contributed by atoms with E-state index in [-0.39, 0.29) is 10.2 Å². The summed E-state index contributed by atoms with van der Waals surface area (Å²) in [5.41, 5.74) is 3.34. The van der Waals surface area contributed by atoms with E-state index in [2.05, 4.69) is 63.5 Å². The fraction of sp³-hybridized carbons (Fsp3) is 0.529. The lowest BCUT2D eigenvalue weighted by Crippen LogP contribution is -2.35. The number of rotatable bonds is 3. The molecule has 0 spiro atoms. The van der Waals surface area contributed by atoms with Crippen molar-refractivity contribution in [2.24, 2.45) is 5.41 Å². The molecule has 0 nitrogen and oxygen atoms in total. The van der Waals surface area contributed by atoms with E-state index < -0.39 is 0 Å². The maximum absolute atomic E-state index is 2.37. The molecule has 1 unspecified atom stereocenters. The lowest BCUT2D eigenvalue weighted by Gasteiger charge is -2.42. The van der Waals surface area contributed by atoms with Gasteiger partial charge in [-0.3, -0.25) is 0 Å². The highest BCUT2D eigenvalue weighted by molar-refractivity contribution is 8.00. The Morgan fingerprint density at radius 2 is 2.06 bits per heavy atom. The van der Waals surface area contributed by atoms with Crippen molar-refractivity contribution in [3.63, 3.8) is 0 Å². The van der Waals surface area contributed by atoms with Crippen LogP contribution in [-0.2, 0) is 0 Å². The molecule has 98 valence electrons. The quantitative estimate of drug-likeness (QED) is 0.664. The molecule has 0 bridgehead atoms. The zero-order valence-corrected chi connectivity index (χ0v) is 12.8. The van der Waals surface area contributed by atoms with Crippen molar-refractivity contribution in [1.29, 1.82) is 0 Å². The van der Waals surface area contributed by atoms with Crippen LogP contribution in [-0.4, -0.2) is 11.0 Å². The van der Waals surface area contributed by atoms with Crippen LogP contribution >= 0.6 is 11.8 Å². The molecule has 0 heterocycles. The second-order valence-electron chi connectivity index (χ2n) is 6.25.